The molecule has 0 atom stereocenters. The van der Waals surface area contributed by atoms with E-state index in [0.717, 1.165) is 10.6 Å². The maximum Gasteiger partial charge on any atom is 0.281 e. The molecule has 4 aromatic rings. The van der Waals surface area contributed by atoms with E-state index in [1.807, 2.05) is 12.1 Å². The van der Waals surface area contributed by atoms with Crippen LogP contribution in [0.5, 0.6) is 0 Å². The van der Waals surface area contributed by atoms with Gasteiger partial charge in [-0.3, -0.25) is 4.79 Å². The Morgan fingerprint density at radius 3 is 2.61 bits per heavy atom. The normalized spacial score (nSPS) is 11.0. The monoisotopic (exact) mass is 412 g/mol. The molecule has 2 heterocycles. The lowest BCUT2D eigenvalue weighted by Crippen LogP contribution is -2.13. The Morgan fingerprint density at radius 1 is 1.11 bits per heavy atom. The van der Waals surface area contributed by atoms with Crippen LogP contribution in [0.1, 0.15) is 0 Å². The summed E-state index contributed by atoms with van der Waals surface area (Å²) in [5.41, 5.74) is 2.05. The summed E-state index contributed by atoms with van der Waals surface area (Å²) in [6.45, 7) is 0. The molecule has 0 bridgehead atoms. The molecule has 5 nitrogen and oxygen atoms in total. The molecule has 2 aromatic heterocycles. The van der Waals surface area contributed by atoms with Gasteiger partial charge >= 0.3 is 0 Å². The SMILES string of the molecule is CNc1ccc(-c2c(=O)ncn3nc(Sc4ccc(F)cc4)ccc23)c(Cl)c1. The first-order valence-corrected chi connectivity index (χ1v) is 9.54. The van der Waals surface area contributed by atoms with E-state index >= 15 is 0 Å². The van der Waals surface area contributed by atoms with Crippen LogP contribution in [0.25, 0.3) is 16.6 Å². The van der Waals surface area contributed by atoms with E-state index in [1.54, 1.807) is 41.9 Å². The van der Waals surface area contributed by atoms with Crippen molar-refractivity contribution in [2.24, 2.45) is 0 Å². The minimum atomic E-state index is -0.375. The fourth-order valence-corrected chi connectivity index (χ4v) is 3.85. The van der Waals surface area contributed by atoms with E-state index < -0.39 is 0 Å². The number of aromatic nitrogens is 3. The summed E-state index contributed by atoms with van der Waals surface area (Å²) < 4.78 is 14.6. The maximum absolute atomic E-state index is 13.1. The average molecular weight is 413 g/mol. The Bertz CT molecular complexity index is 1230. The zero-order valence-electron chi connectivity index (χ0n) is 14.7. The highest BCUT2D eigenvalue weighted by molar-refractivity contribution is 7.99. The number of benzene rings is 2. The number of rotatable bonds is 4. The van der Waals surface area contributed by atoms with Gasteiger partial charge in [-0.15, -0.1) is 0 Å². The number of fused-ring (bicyclic) bond motifs is 1. The third-order valence-corrected chi connectivity index (χ3v) is 5.40. The molecule has 4 rings (SSSR count). The van der Waals surface area contributed by atoms with Crippen molar-refractivity contribution in [3.8, 4) is 11.1 Å². The van der Waals surface area contributed by atoms with Crippen molar-refractivity contribution in [2.45, 2.75) is 9.92 Å². The zero-order chi connectivity index (χ0) is 19.7. The summed E-state index contributed by atoms with van der Waals surface area (Å²) in [7, 11) is 1.80. The number of hydrogen-bond donors (Lipinski definition) is 1. The summed E-state index contributed by atoms with van der Waals surface area (Å²) in [5.74, 6) is -0.289. The first-order valence-electron chi connectivity index (χ1n) is 8.35. The Morgan fingerprint density at radius 2 is 1.89 bits per heavy atom. The second kappa shape index (κ2) is 7.61. The highest BCUT2D eigenvalue weighted by atomic mass is 35.5. The second-order valence-electron chi connectivity index (χ2n) is 5.93. The smallest absolute Gasteiger partial charge is 0.281 e. The van der Waals surface area contributed by atoms with Gasteiger partial charge in [-0.1, -0.05) is 29.4 Å². The Hall–Kier alpha value is -2.90. The number of hydrogen-bond acceptors (Lipinski definition) is 5. The third kappa shape index (κ3) is 3.58. The number of halogens is 2. The van der Waals surface area contributed by atoms with Crippen molar-refractivity contribution in [3.05, 3.63) is 82.1 Å². The van der Waals surface area contributed by atoms with Gasteiger partial charge in [0.1, 0.15) is 17.2 Å². The molecule has 28 heavy (non-hydrogen) atoms. The molecule has 0 aliphatic rings. The topological polar surface area (TPSA) is 59.3 Å². The van der Waals surface area contributed by atoms with Crippen molar-refractivity contribution in [1.29, 1.82) is 0 Å². The lowest BCUT2D eigenvalue weighted by atomic mass is 10.1. The molecule has 0 amide bonds. The molecule has 0 fully saturated rings. The van der Waals surface area contributed by atoms with Crippen molar-refractivity contribution in [2.75, 3.05) is 12.4 Å². The molecule has 0 radical (unpaired) electrons. The first-order chi connectivity index (χ1) is 13.5. The molecule has 140 valence electrons. The Labute approximate surface area is 169 Å². The van der Waals surface area contributed by atoms with Crippen molar-refractivity contribution < 1.29 is 4.39 Å². The van der Waals surface area contributed by atoms with E-state index in [4.69, 9.17) is 11.6 Å². The maximum atomic E-state index is 13.1. The highest BCUT2D eigenvalue weighted by Gasteiger charge is 2.14. The van der Waals surface area contributed by atoms with E-state index in [-0.39, 0.29) is 11.4 Å². The second-order valence-corrected chi connectivity index (χ2v) is 7.43. The molecule has 0 unspecified atom stereocenters. The molecule has 0 saturated heterocycles. The minimum Gasteiger partial charge on any atom is -0.388 e. The number of nitrogens with zero attached hydrogens (tertiary/aromatic N) is 3. The lowest BCUT2D eigenvalue weighted by Gasteiger charge is -2.10. The molecular formula is C20H14ClFN4OS. The van der Waals surface area contributed by atoms with Crippen LogP contribution in [0.15, 0.2) is 75.6 Å². The number of anilines is 1. The van der Waals surface area contributed by atoms with Crippen LogP contribution in [0.2, 0.25) is 5.02 Å². The summed E-state index contributed by atoms with van der Waals surface area (Å²) in [6.07, 6.45) is 1.38. The molecule has 8 heteroatoms. The standard InChI is InChI=1S/C20H14ClFN4OS/c1-23-13-4-7-15(16(21)10-13)19-17-8-9-18(25-26(17)11-24-20(19)27)28-14-5-2-12(22)3-6-14/h2-11,23H,1H3. The molecular weight excluding hydrogens is 399 g/mol. The Balaban J connectivity index is 1.79. The van der Waals surface area contributed by atoms with Gasteiger partial charge in [0.05, 0.1) is 16.1 Å². The van der Waals surface area contributed by atoms with Gasteiger partial charge < -0.3 is 5.32 Å². The quantitative estimate of drug-likeness (QED) is 0.524. The van der Waals surface area contributed by atoms with Crippen molar-refractivity contribution in [3.63, 3.8) is 0 Å². The van der Waals surface area contributed by atoms with Gasteiger partial charge in [-0.05, 0) is 48.5 Å². The molecule has 2 aromatic carbocycles. The van der Waals surface area contributed by atoms with Crippen molar-refractivity contribution >= 4 is 34.6 Å². The van der Waals surface area contributed by atoms with E-state index in [9.17, 15) is 9.18 Å². The fraction of sp³-hybridized carbons (Fsp3) is 0.0500. The number of nitrogens with one attached hydrogen (secondary N) is 1. The van der Waals surface area contributed by atoms with Crippen LogP contribution in [0.4, 0.5) is 10.1 Å². The van der Waals surface area contributed by atoms with Gasteiger partial charge in [0.2, 0.25) is 0 Å². The predicted octanol–water partition coefficient (Wildman–Crippen LogP) is 4.74. The fourth-order valence-electron chi connectivity index (χ4n) is 2.79. The lowest BCUT2D eigenvalue weighted by molar-refractivity contribution is 0.626. The van der Waals surface area contributed by atoms with Crippen molar-refractivity contribution in [1.82, 2.24) is 14.6 Å². The van der Waals surface area contributed by atoms with Gasteiger partial charge in [-0.2, -0.15) is 10.1 Å². The summed E-state index contributed by atoms with van der Waals surface area (Å²) in [5, 5.41) is 8.66. The van der Waals surface area contributed by atoms with Crippen LogP contribution >= 0.6 is 23.4 Å². The zero-order valence-corrected chi connectivity index (χ0v) is 16.3. The van der Waals surface area contributed by atoms with E-state index in [2.05, 4.69) is 15.4 Å². The van der Waals surface area contributed by atoms with Crippen LogP contribution in [-0.2, 0) is 0 Å². The molecule has 0 saturated carbocycles. The van der Waals surface area contributed by atoms with E-state index in [0.29, 0.717) is 26.7 Å². The van der Waals surface area contributed by atoms with Crippen LogP contribution in [-0.4, -0.2) is 21.6 Å². The van der Waals surface area contributed by atoms with Crippen LogP contribution in [0.3, 0.4) is 0 Å². The van der Waals surface area contributed by atoms with Gasteiger partial charge in [-0.25, -0.2) is 8.91 Å². The Kier molecular flexibility index (Phi) is 5.02. The van der Waals surface area contributed by atoms with Gasteiger partial charge in [0, 0.05) is 23.2 Å². The molecule has 0 aliphatic carbocycles. The van der Waals surface area contributed by atoms with Gasteiger partial charge in [0.25, 0.3) is 5.56 Å². The predicted molar refractivity (Wildman–Crippen MR) is 110 cm³/mol. The summed E-state index contributed by atoms with van der Waals surface area (Å²) in [6, 6.07) is 15.2. The minimum absolute atomic E-state index is 0.289. The third-order valence-electron chi connectivity index (χ3n) is 4.15. The van der Waals surface area contributed by atoms with E-state index in [1.165, 1.54) is 30.2 Å². The summed E-state index contributed by atoms with van der Waals surface area (Å²) in [4.78, 5) is 17.3. The summed E-state index contributed by atoms with van der Waals surface area (Å²) >= 11 is 7.78. The highest BCUT2D eigenvalue weighted by Crippen LogP contribution is 2.32. The van der Waals surface area contributed by atoms with Crippen LogP contribution < -0.4 is 10.9 Å². The van der Waals surface area contributed by atoms with Gasteiger partial charge in [0.15, 0.2) is 0 Å². The average Bonchev–Trinajstić information content (AvgIpc) is 2.70. The largest absolute Gasteiger partial charge is 0.388 e. The van der Waals surface area contributed by atoms with Crippen LogP contribution in [0, 0.1) is 5.82 Å². The molecule has 0 aliphatic heterocycles. The molecule has 0 spiro atoms. The first kappa shape index (κ1) is 18.5. The molecule has 1 N–H and O–H groups in total.